The molecular weight excluding hydrogens is 286 g/mol. The van der Waals surface area contributed by atoms with Gasteiger partial charge in [0, 0.05) is 30.9 Å². The van der Waals surface area contributed by atoms with Crippen molar-refractivity contribution in [3.05, 3.63) is 0 Å². The highest BCUT2D eigenvalue weighted by atomic mass is 32.2. The highest BCUT2D eigenvalue weighted by molar-refractivity contribution is 8.00. The number of rotatable bonds is 4. The van der Waals surface area contributed by atoms with E-state index in [9.17, 15) is 13.2 Å². The lowest BCUT2D eigenvalue weighted by molar-refractivity contribution is -0.155. The molecule has 1 aliphatic rings. The molecule has 0 bridgehead atoms. The average molecular weight is 309 g/mol. The number of ether oxygens (including phenoxy) is 1. The van der Waals surface area contributed by atoms with Gasteiger partial charge in [-0.25, -0.2) is 8.42 Å². The lowest BCUT2D eigenvalue weighted by atomic mass is 10.2. The van der Waals surface area contributed by atoms with Crippen LogP contribution in [-0.2, 0) is 19.4 Å². The second kappa shape index (κ2) is 6.45. The van der Waals surface area contributed by atoms with Crippen molar-refractivity contribution in [1.82, 2.24) is 4.90 Å². The van der Waals surface area contributed by atoms with Gasteiger partial charge in [-0.1, -0.05) is 0 Å². The van der Waals surface area contributed by atoms with Crippen molar-refractivity contribution in [2.75, 3.05) is 30.9 Å². The average Bonchev–Trinajstić information content (AvgIpc) is 2.23. The first-order chi connectivity index (χ1) is 8.59. The van der Waals surface area contributed by atoms with E-state index < -0.39 is 20.8 Å². The monoisotopic (exact) mass is 309 g/mol. The van der Waals surface area contributed by atoms with Gasteiger partial charge in [-0.15, -0.1) is 0 Å². The van der Waals surface area contributed by atoms with Gasteiger partial charge in [0.25, 0.3) is 0 Å². The lowest BCUT2D eigenvalue weighted by Gasteiger charge is -2.33. The minimum absolute atomic E-state index is 0.230. The third-order valence-corrected chi connectivity index (χ3v) is 5.39. The quantitative estimate of drug-likeness (QED) is 0.726. The molecule has 1 saturated heterocycles. The predicted octanol–water partition coefficient (Wildman–Crippen LogP) is 1.14. The SMILES string of the molecule is CC(C)(C)OC(=O)CCN1CCSCC1S(C)(=O)=O. The minimum atomic E-state index is -3.11. The molecular formula is C12H23NO4S2. The van der Waals surface area contributed by atoms with Crippen molar-refractivity contribution in [3.63, 3.8) is 0 Å². The van der Waals surface area contributed by atoms with Crippen molar-refractivity contribution < 1.29 is 17.9 Å². The van der Waals surface area contributed by atoms with Gasteiger partial charge in [0.05, 0.1) is 6.42 Å². The molecule has 0 amide bonds. The smallest absolute Gasteiger partial charge is 0.307 e. The maximum Gasteiger partial charge on any atom is 0.307 e. The van der Waals surface area contributed by atoms with Gasteiger partial charge in [-0.3, -0.25) is 9.69 Å². The molecule has 5 nitrogen and oxygen atoms in total. The van der Waals surface area contributed by atoms with E-state index >= 15 is 0 Å². The van der Waals surface area contributed by atoms with Crippen molar-refractivity contribution in [2.24, 2.45) is 0 Å². The van der Waals surface area contributed by atoms with Crippen LogP contribution in [0, 0.1) is 0 Å². The molecule has 112 valence electrons. The summed E-state index contributed by atoms with van der Waals surface area (Å²) < 4.78 is 28.6. The van der Waals surface area contributed by atoms with Crippen LogP contribution in [0.15, 0.2) is 0 Å². The Labute approximate surface area is 120 Å². The standard InChI is InChI=1S/C12H23NO4S2/c1-12(2,3)17-11(14)5-6-13-7-8-18-9-10(13)19(4,15)16/h10H,5-9H2,1-4H3. The van der Waals surface area contributed by atoms with Crippen molar-refractivity contribution >= 4 is 27.6 Å². The summed E-state index contributed by atoms with van der Waals surface area (Å²) in [5, 5.41) is -0.478. The van der Waals surface area contributed by atoms with Gasteiger partial charge < -0.3 is 4.74 Å². The fourth-order valence-electron chi connectivity index (χ4n) is 1.89. The number of hydrogen-bond donors (Lipinski definition) is 0. The number of thioether (sulfide) groups is 1. The molecule has 1 atom stereocenters. The van der Waals surface area contributed by atoms with E-state index in [1.54, 1.807) is 11.8 Å². The summed E-state index contributed by atoms with van der Waals surface area (Å²) in [5.74, 6) is 1.20. The van der Waals surface area contributed by atoms with Crippen LogP contribution in [0.1, 0.15) is 27.2 Å². The minimum Gasteiger partial charge on any atom is -0.460 e. The van der Waals surface area contributed by atoms with Gasteiger partial charge in [-0.2, -0.15) is 11.8 Å². The fraction of sp³-hybridized carbons (Fsp3) is 0.917. The van der Waals surface area contributed by atoms with Crippen LogP contribution in [-0.4, -0.2) is 61.1 Å². The summed E-state index contributed by atoms with van der Waals surface area (Å²) in [6.45, 7) is 6.60. The molecule has 0 aromatic carbocycles. The number of nitrogens with zero attached hydrogens (tertiary/aromatic N) is 1. The Balaban J connectivity index is 2.53. The van der Waals surface area contributed by atoms with Crippen LogP contribution in [0.25, 0.3) is 0 Å². The van der Waals surface area contributed by atoms with Crippen LogP contribution in [0.2, 0.25) is 0 Å². The topological polar surface area (TPSA) is 63.7 Å². The zero-order chi connectivity index (χ0) is 14.7. The summed E-state index contributed by atoms with van der Waals surface area (Å²) in [4.78, 5) is 13.5. The second-order valence-corrected chi connectivity index (χ2v) is 9.08. The Morgan fingerprint density at radius 2 is 2.05 bits per heavy atom. The predicted molar refractivity (Wildman–Crippen MR) is 78.0 cm³/mol. The zero-order valence-corrected chi connectivity index (χ0v) is 13.6. The lowest BCUT2D eigenvalue weighted by Crippen LogP contribution is -2.47. The normalized spacial score (nSPS) is 22.2. The first kappa shape index (κ1) is 16.8. The van der Waals surface area contributed by atoms with Crippen molar-refractivity contribution in [1.29, 1.82) is 0 Å². The van der Waals surface area contributed by atoms with E-state index in [2.05, 4.69) is 0 Å². The number of hydrogen-bond acceptors (Lipinski definition) is 6. The van der Waals surface area contributed by atoms with Crippen LogP contribution < -0.4 is 0 Å². The van der Waals surface area contributed by atoms with Gasteiger partial charge in [0.2, 0.25) is 0 Å². The summed E-state index contributed by atoms with van der Waals surface area (Å²) in [6, 6.07) is 0. The van der Waals surface area contributed by atoms with Crippen LogP contribution >= 0.6 is 11.8 Å². The maximum absolute atomic E-state index is 11.7. The number of sulfone groups is 1. The molecule has 0 aromatic heterocycles. The third kappa shape index (κ3) is 6.14. The third-order valence-electron chi connectivity index (χ3n) is 2.71. The summed E-state index contributed by atoms with van der Waals surface area (Å²) in [7, 11) is -3.11. The molecule has 0 N–H and O–H groups in total. The van der Waals surface area contributed by atoms with Gasteiger partial charge in [-0.05, 0) is 20.8 Å². The number of carbonyl (C=O) groups excluding carboxylic acids is 1. The molecule has 1 heterocycles. The van der Waals surface area contributed by atoms with Crippen molar-refractivity contribution in [2.45, 2.75) is 38.2 Å². The molecule has 19 heavy (non-hydrogen) atoms. The summed E-state index contributed by atoms with van der Waals surface area (Å²) in [6.07, 6.45) is 1.48. The number of esters is 1. The molecule has 7 heteroatoms. The molecule has 1 aliphatic heterocycles. The highest BCUT2D eigenvalue weighted by Crippen LogP contribution is 2.20. The molecule has 1 rings (SSSR count). The number of carbonyl (C=O) groups is 1. The van der Waals surface area contributed by atoms with E-state index in [1.807, 2.05) is 25.7 Å². The van der Waals surface area contributed by atoms with Crippen LogP contribution in [0.4, 0.5) is 0 Å². The molecule has 0 spiro atoms. The second-order valence-electron chi connectivity index (χ2n) is 5.73. The Kier molecular flexibility index (Phi) is 5.70. The van der Waals surface area contributed by atoms with Crippen LogP contribution in [0.3, 0.4) is 0 Å². The summed E-state index contributed by atoms with van der Waals surface area (Å²) >= 11 is 1.64. The molecule has 0 saturated carbocycles. The van der Waals surface area contributed by atoms with Crippen LogP contribution in [0.5, 0.6) is 0 Å². The summed E-state index contributed by atoms with van der Waals surface area (Å²) in [5.41, 5.74) is -0.495. The first-order valence-electron chi connectivity index (χ1n) is 6.32. The van der Waals surface area contributed by atoms with Crippen molar-refractivity contribution in [3.8, 4) is 0 Å². The van der Waals surface area contributed by atoms with Gasteiger partial charge in [0.1, 0.15) is 11.0 Å². The largest absolute Gasteiger partial charge is 0.460 e. The van der Waals surface area contributed by atoms with E-state index in [4.69, 9.17) is 4.74 Å². The Bertz CT molecular complexity index is 414. The van der Waals surface area contributed by atoms with Gasteiger partial charge in [0.15, 0.2) is 9.84 Å². The molecule has 0 aliphatic carbocycles. The van der Waals surface area contributed by atoms with E-state index in [0.717, 1.165) is 5.75 Å². The zero-order valence-electron chi connectivity index (χ0n) is 12.0. The maximum atomic E-state index is 11.7. The Hall–Kier alpha value is -0.270. The molecule has 1 fully saturated rings. The molecule has 1 unspecified atom stereocenters. The molecule has 0 radical (unpaired) electrons. The van der Waals surface area contributed by atoms with E-state index in [0.29, 0.717) is 18.8 Å². The first-order valence-corrected chi connectivity index (χ1v) is 9.43. The Morgan fingerprint density at radius 1 is 1.42 bits per heavy atom. The van der Waals surface area contributed by atoms with E-state index in [1.165, 1.54) is 6.26 Å². The molecule has 0 aromatic rings. The fourth-order valence-corrected chi connectivity index (χ4v) is 4.87. The highest BCUT2D eigenvalue weighted by Gasteiger charge is 2.31. The Morgan fingerprint density at radius 3 is 2.58 bits per heavy atom. The van der Waals surface area contributed by atoms with Gasteiger partial charge >= 0.3 is 5.97 Å². The van der Waals surface area contributed by atoms with E-state index in [-0.39, 0.29) is 12.4 Å².